The van der Waals surface area contributed by atoms with Gasteiger partial charge < -0.3 is 4.74 Å². The van der Waals surface area contributed by atoms with Crippen LogP contribution >= 0.6 is 0 Å². The zero-order valence-corrected chi connectivity index (χ0v) is 16.6. The van der Waals surface area contributed by atoms with Crippen LogP contribution in [0.4, 0.5) is 0 Å². The van der Waals surface area contributed by atoms with E-state index in [0.29, 0.717) is 18.4 Å². The van der Waals surface area contributed by atoms with Gasteiger partial charge in [0.1, 0.15) is 5.60 Å². The minimum atomic E-state index is -0.526. The molecule has 1 fully saturated rings. The fraction of sp³-hybridized carbons (Fsp3) is 0.417. The molecule has 2 aromatic carbocycles. The van der Waals surface area contributed by atoms with E-state index in [1.165, 1.54) is 0 Å². The summed E-state index contributed by atoms with van der Waals surface area (Å²) in [5.41, 5.74) is 0.886. The molecule has 0 aromatic heterocycles. The molecular weight excluding hydrogens is 336 g/mol. The van der Waals surface area contributed by atoms with E-state index in [0.717, 1.165) is 5.56 Å². The van der Waals surface area contributed by atoms with Gasteiger partial charge in [0.2, 0.25) is 0 Å². The van der Waals surface area contributed by atoms with Crippen LogP contribution in [-0.4, -0.2) is 17.4 Å². The molecule has 1 aliphatic rings. The maximum Gasteiger partial charge on any atom is 0.309 e. The van der Waals surface area contributed by atoms with Gasteiger partial charge in [-0.1, -0.05) is 67.6 Å². The average molecular weight is 364 g/mol. The fourth-order valence-electron chi connectivity index (χ4n) is 4.18. The number of carbonyl (C=O) groups excluding carboxylic acids is 2. The van der Waals surface area contributed by atoms with E-state index in [-0.39, 0.29) is 23.6 Å². The largest absolute Gasteiger partial charge is 0.460 e. The lowest BCUT2D eigenvalue weighted by Crippen LogP contribution is -2.33. The number of esters is 1. The number of ketones is 1. The molecule has 0 spiro atoms. The van der Waals surface area contributed by atoms with Gasteiger partial charge in [-0.25, -0.2) is 0 Å². The van der Waals surface area contributed by atoms with Gasteiger partial charge in [-0.15, -0.1) is 0 Å². The van der Waals surface area contributed by atoms with Gasteiger partial charge in [-0.2, -0.15) is 0 Å². The van der Waals surface area contributed by atoms with Crippen LogP contribution in [0.1, 0.15) is 56.5 Å². The summed E-state index contributed by atoms with van der Waals surface area (Å²) in [7, 11) is 0. The van der Waals surface area contributed by atoms with Crippen molar-refractivity contribution in [3.8, 4) is 0 Å². The maximum atomic E-state index is 13.3. The molecule has 0 bridgehead atoms. The SMILES string of the molecule is CC(C)(C)OC(=O)[C@H]1C[C@@H](C(=O)c2ccccc2)[C@](C)(c2ccccc2)C1. The number of Topliss-reactive ketones (excluding diaryl/α,β-unsaturated/α-hetero) is 1. The summed E-state index contributed by atoms with van der Waals surface area (Å²) < 4.78 is 5.63. The van der Waals surface area contributed by atoms with Crippen molar-refractivity contribution in [2.45, 2.75) is 51.6 Å². The van der Waals surface area contributed by atoms with Crippen molar-refractivity contribution in [3.05, 3.63) is 71.8 Å². The summed E-state index contributed by atoms with van der Waals surface area (Å²) >= 11 is 0. The van der Waals surface area contributed by atoms with Gasteiger partial charge >= 0.3 is 5.97 Å². The summed E-state index contributed by atoms with van der Waals surface area (Å²) in [6.07, 6.45) is 1.14. The summed E-state index contributed by atoms with van der Waals surface area (Å²) in [6, 6.07) is 19.5. The molecule has 3 heteroatoms. The number of carbonyl (C=O) groups is 2. The van der Waals surface area contributed by atoms with Crippen LogP contribution in [0, 0.1) is 11.8 Å². The molecule has 0 unspecified atom stereocenters. The van der Waals surface area contributed by atoms with Gasteiger partial charge in [-0.05, 0) is 39.2 Å². The van der Waals surface area contributed by atoms with Crippen LogP contribution in [0.15, 0.2) is 60.7 Å². The van der Waals surface area contributed by atoms with Crippen LogP contribution in [-0.2, 0) is 14.9 Å². The van der Waals surface area contributed by atoms with Crippen LogP contribution in [0.2, 0.25) is 0 Å². The Hall–Kier alpha value is -2.42. The van der Waals surface area contributed by atoms with Gasteiger partial charge in [0, 0.05) is 16.9 Å². The molecule has 1 saturated carbocycles. The standard InChI is InChI=1S/C24H28O3/c1-23(2,3)27-22(26)18-15-20(21(25)17-11-7-5-8-12-17)24(4,16-18)19-13-9-6-10-14-19/h5-14,18,20H,15-16H2,1-4H3/t18-,20-,24-/m0/s1. The molecule has 0 heterocycles. The van der Waals surface area contributed by atoms with Crippen molar-refractivity contribution in [2.24, 2.45) is 11.8 Å². The molecule has 3 rings (SSSR count). The van der Waals surface area contributed by atoms with Crippen molar-refractivity contribution >= 4 is 11.8 Å². The Morgan fingerprint density at radius 2 is 1.52 bits per heavy atom. The zero-order chi connectivity index (χ0) is 19.7. The van der Waals surface area contributed by atoms with Crippen LogP contribution in [0.25, 0.3) is 0 Å². The van der Waals surface area contributed by atoms with Crippen LogP contribution < -0.4 is 0 Å². The maximum absolute atomic E-state index is 13.3. The first kappa shape index (κ1) is 19.3. The highest BCUT2D eigenvalue weighted by atomic mass is 16.6. The number of ether oxygens (including phenoxy) is 1. The fourth-order valence-corrected chi connectivity index (χ4v) is 4.18. The minimum absolute atomic E-state index is 0.105. The Kier molecular flexibility index (Phi) is 5.23. The Labute approximate surface area is 161 Å². The summed E-state index contributed by atoms with van der Waals surface area (Å²) in [6.45, 7) is 7.74. The van der Waals surface area contributed by atoms with Gasteiger partial charge in [-0.3, -0.25) is 9.59 Å². The Bertz CT molecular complexity index is 805. The molecule has 3 nitrogen and oxygen atoms in total. The predicted molar refractivity (Wildman–Crippen MR) is 107 cm³/mol. The van der Waals surface area contributed by atoms with Crippen molar-refractivity contribution < 1.29 is 14.3 Å². The number of benzene rings is 2. The first-order valence-electron chi connectivity index (χ1n) is 9.58. The van der Waals surface area contributed by atoms with Crippen molar-refractivity contribution in [2.75, 3.05) is 0 Å². The quantitative estimate of drug-likeness (QED) is 0.553. The third kappa shape index (κ3) is 4.13. The second-order valence-electron chi connectivity index (χ2n) is 8.74. The average Bonchev–Trinajstić information content (AvgIpc) is 3.00. The molecule has 0 radical (unpaired) electrons. The topological polar surface area (TPSA) is 43.4 Å². The molecule has 1 aliphatic carbocycles. The molecular formula is C24H28O3. The molecule has 3 atom stereocenters. The predicted octanol–water partition coefficient (Wildman–Crippen LogP) is 5.20. The Balaban J connectivity index is 1.95. The third-order valence-electron chi connectivity index (χ3n) is 5.51. The second kappa shape index (κ2) is 7.30. The second-order valence-corrected chi connectivity index (χ2v) is 8.74. The van der Waals surface area contributed by atoms with Crippen molar-refractivity contribution in [1.82, 2.24) is 0 Å². The van der Waals surface area contributed by atoms with Gasteiger partial charge in [0.25, 0.3) is 0 Å². The smallest absolute Gasteiger partial charge is 0.309 e. The lowest BCUT2D eigenvalue weighted by Gasteiger charge is -2.31. The van der Waals surface area contributed by atoms with E-state index in [1.807, 2.05) is 69.3 Å². The van der Waals surface area contributed by atoms with E-state index in [9.17, 15) is 9.59 Å². The first-order chi connectivity index (χ1) is 12.7. The molecule has 0 aliphatic heterocycles. The van der Waals surface area contributed by atoms with E-state index in [2.05, 4.69) is 19.1 Å². The molecule has 0 saturated heterocycles. The number of hydrogen-bond acceptors (Lipinski definition) is 3. The first-order valence-corrected chi connectivity index (χ1v) is 9.58. The molecule has 27 heavy (non-hydrogen) atoms. The molecule has 142 valence electrons. The summed E-state index contributed by atoms with van der Waals surface area (Å²) in [4.78, 5) is 26.1. The van der Waals surface area contributed by atoms with Gasteiger partial charge in [0.15, 0.2) is 5.78 Å². The highest BCUT2D eigenvalue weighted by Gasteiger charge is 2.51. The van der Waals surface area contributed by atoms with Crippen molar-refractivity contribution in [3.63, 3.8) is 0 Å². The van der Waals surface area contributed by atoms with Crippen LogP contribution in [0.5, 0.6) is 0 Å². The van der Waals surface area contributed by atoms with Crippen molar-refractivity contribution in [1.29, 1.82) is 0 Å². The molecule has 2 aromatic rings. The third-order valence-corrected chi connectivity index (χ3v) is 5.51. The number of hydrogen-bond donors (Lipinski definition) is 0. The Morgan fingerprint density at radius 1 is 0.963 bits per heavy atom. The van der Waals surface area contributed by atoms with E-state index in [1.54, 1.807) is 0 Å². The molecule has 0 amide bonds. The lowest BCUT2D eigenvalue weighted by atomic mass is 9.71. The summed E-state index contributed by atoms with van der Waals surface area (Å²) in [5.74, 6) is -0.618. The lowest BCUT2D eigenvalue weighted by molar-refractivity contribution is -0.159. The van der Waals surface area contributed by atoms with E-state index in [4.69, 9.17) is 4.74 Å². The monoisotopic (exact) mass is 364 g/mol. The van der Waals surface area contributed by atoms with E-state index < -0.39 is 11.0 Å². The van der Waals surface area contributed by atoms with E-state index >= 15 is 0 Å². The minimum Gasteiger partial charge on any atom is -0.460 e. The zero-order valence-electron chi connectivity index (χ0n) is 16.6. The highest BCUT2D eigenvalue weighted by molar-refractivity contribution is 5.99. The van der Waals surface area contributed by atoms with Crippen LogP contribution in [0.3, 0.4) is 0 Å². The highest BCUT2D eigenvalue weighted by Crippen LogP contribution is 2.50. The Morgan fingerprint density at radius 3 is 2.07 bits per heavy atom. The number of rotatable bonds is 4. The summed E-state index contributed by atoms with van der Waals surface area (Å²) in [5, 5.41) is 0. The molecule has 0 N–H and O–H groups in total. The normalized spacial score (nSPS) is 25.2. The van der Waals surface area contributed by atoms with Gasteiger partial charge in [0.05, 0.1) is 5.92 Å².